The van der Waals surface area contributed by atoms with Gasteiger partial charge in [0.25, 0.3) is 0 Å². The molecule has 0 aromatic heterocycles. The van der Waals surface area contributed by atoms with Crippen LogP contribution in [0, 0.1) is 0 Å². The van der Waals surface area contributed by atoms with Crippen LogP contribution in [0.5, 0.6) is 0 Å². The van der Waals surface area contributed by atoms with Crippen LogP contribution in [0.15, 0.2) is 30.3 Å². The standard InChI is InChI=1S/C16H22N2O2S/c1-12(19)16(13-5-3-2-4-6-13)7-9-18(10-8-16)15(20)14(17)11-21/h2-6,14,21H,7-11,17H2,1H3/t14-/m0/s1. The van der Waals surface area contributed by atoms with Gasteiger partial charge in [-0.15, -0.1) is 0 Å². The molecule has 1 amide bonds. The number of hydrogen-bond donors (Lipinski definition) is 2. The minimum atomic E-state index is -0.560. The average molecular weight is 306 g/mol. The van der Waals surface area contributed by atoms with Gasteiger partial charge in [0, 0.05) is 18.8 Å². The summed E-state index contributed by atoms with van der Waals surface area (Å²) >= 11 is 4.07. The lowest BCUT2D eigenvalue weighted by Crippen LogP contribution is -2.52. The number of benzene rings is 1. The van der Waals surface area contributed by atoms with Crippen LogP contribution in [0.1, 0.15) is 25.3 Å². The van der Waals surface area contributed by atoms with Crippen molar-refractivity contribution in [3.05, 3.63) is 35.9 Å². The Morgan fingerprint density at radius 2 is 1.86 bits per heavy atom. The van der Waals surface area contributed by atoms with Crippen LogP contribution in [-0.4, -0.2) is 41.5 Å². The Morgan fingerprint density at radius 1 is 1.29 bits per heavy atom. The fourth-order valence-corrected chi connectivity index (χ4v) is 3.18. The molecule has 0 aliphatic carbocycles. The number of piperidine rings is 1. The van der Waals surface area contributed by atoms with Gasteiger partial charge in [0.1, 0.15) is 5.78 Å². The van der Waals surface area contributed by atoms with E-state index in [0.717, 1.165) is 5.56 Å². The average Bonchev–Trinajstić information content (AvgIpc) is 2.54. The highest BCUT2D eigenvalue weighted by atomic mass is 32.1. The van der Waals surface area contributed by atoms with Crippen molar-refractivity contribution in [2.75, 3.05) is 18.8 Å². The Labute approximate surface area is 131 Å². The van der Waals surface area contributed by atoms with Gasteiger partial charge in [-0.05, 0) is 25.3 Å². The van der Waals surface area contributed by atoms with Crippen molar-refractivity contribution in [3.63, 3.8) is 0 Å². The molecule has 1 aromatic carbocycles. The van der Waals surface area contributed by atoms with Crippen LogP contribution in [0.3, 0.4) is 0 Å². The molecule has 1 atom stereocenters. The molecule has 114 valence electrons. The zero-order chi connectivity index (χ0) is 15.5. The number of rotatable bonds is 4. The number of thiol groups is 1. The van der Waals surface area contributed by atoms with E-state index in [-0.39, 0.29) is 11.7 Å². The zero-order valence-electron chi connectivity index (χ0n) is 12.3. The lowest BCUT2D eigenvalue weighted by Gasteiger charge is -2.41. The maximum atomic E-state index is 12.2. The number of Topliss-reactive ketones (excluding diaryl/α,β-unsaturated/α-hetero) is 1. The van der Waals surface area contributed by atoms with E-state index in [4.69, 9.17) is 5.73 Å². The first-order valence-electron chi connectivity index (χ1n) is 7.23. The molecule has 1 heterocycles. The van der Waals surface area contributed by atoms with Gasteiger partial charge >= 0.3 is 0 Å². The minimum Gasteiger partial charge on any atom is -0.341 e. The molecular weight excluding hydrogens is 284 g/mol. The predicted octanol–water partition coefficient (Wildman–Crippen LogP) is 1.39. The molecule has 4 nitrogen and oxygen atoms in total. The van der Waals surface area contributed by atoms with E-state index >= 15 is 0 Å². The molecule has 1 aliphatic heterocycles. The molecular formula is C16H22N2O2S. The SMILES string of the molecule is CC(=O)C1(c2ccccc2)CCN(C(=O)[C@@H](N)CS)CC1. The Bertz CT molecular complexity index is 510. The largest absolute Gasteiger partial charge is 0.341 e. The van der Waals surface area contributed by atoms with Gasteiger partial charge in [-0.2, -0.15) is 12.6 Å². The first-order valence-corrected chi connectivity index (χ1v) is 7.86. The lowest BCUT2D eigenvalue weighted by molar-refractivity contribution is -0.136. The van der Waals surface area contributed by atoms with Gasteiger partial charge in [0.05, 0.1) is 11.5 Å². The van der Waals surface area contributed by atoms with Crippen molar-refractivity contribution in [2.24, 2.45) is 5.73 Å². The first kappa shape index (κ1) is 16.0. The Hall–Kier alpha value is -1.33. The molecule has 1 saturated heterocycles. The summed E-state index contributed by atoms with van der Waals surface area (Å²) in [6, 6.07) is 9.29. The number of nitrogens with two attached hydrogens (primary N) is 1. The zero-order valence-corrected chi connectivity index (χ0v) is 13.2. The van der Waals surface area contributed by atoms with Crippen LogP contribution in [-0.2, 0) is 15.0 Å². The summed E-state index contributed by atoms with van der Waals surface area (Å²) in [7, 11) is 0. The number of nitrogens with zero attached hydrogens (tertiary/aromatic N) is 1. The molecule has 1 aliphatic rings. The normalized spacial score (nSPS) is 19.1. The highest BCUT2D eigenvalue weighted by Gasteiger charge is 2.41. The van der Waals surface area contributed by atoms with Crippen LogP contribution >= 0.6 is 12.6 Å². The second-order valence-electron chi connectivity index (χ2n) is 5.62. The predicted molar refractivity (Wildman–Crippen MR) is 86.4 cm³/mol. The maximum Gasteiger partial charge on any atom is 0.240 e. The summed E-state index contributed by atoms with van der Waals surface area (Å²) in [5.74, 6) is 0.431. The number of carbonyl (C=O) groups is 2. The summed E-state index contributed by atoms with van der Waals surface area (Å²) < 4.78 is 0. The summed E-state index contributed by atoms with van der Waals surface area (Å²) in [5, 5.41) is 0. The van der Waals surface area contributed by atoms with Crippen molar-refractivity contribution in [3.8, 4) is 0 Å². The van der Waals surface area contributed by atoms with E-state index < -0.39 is 11.5 Å². The second-order valence-corrected chi connectivity index (χ2v) is 5.98. The van der Waals surface area contributed by atoms with Crippen molar-refractivity contribution < 1.29 is 9.59 Å². The molecule has 1 fully saturated rings. The number of hydrogen-bond acceptors (Lipinski definition) is 4. The van der Waals surface area contributed by atoms with Gasteiger partial charge in [0.2, 0.25) is 5.91 Å². The van der Waals surface area contributed by atoms with Crippen molar-refractivity contribution in [1.82, 2.24) is 4.90 Å². The number of carbonyl (C=O) groups excluding carboxylic acids is 2. The van der Waals surface area contributed by atoms with Crippen molar-refractivity contribution >= 4 is 24.3 Å². The number of ketones is 1. The molecule has 0 spiro atoms. The molecule has 5 heteroatoms. The van der Waals surface area contributed by atoms with Crippen LogP contribution in [0.4, 0.5) is 0 Å². The molecule has 0 radical (unpaired) electrons. The van der Waals surface area contributed by atoms with Gasteiger partial charge in [-0.25, -0.2) is 0 Å². The number of amides is 1. The molecule has 21 heavy (non-hydrogen) atoms. The highest BCUT2D eigenvalue weighted by molar-refractivity contribution is 7.80. The van der Waals surface area contributed by atoms with E-state index in [2.05, 4.69) is 12.6 Å². The molecule has 0 saturated carbocycles. The van der Waals surface area contributed by atoms with Crippen LogP contribution in [0.25, 0.3) is 0 Å². The second kappa shape index (κ2) is 6.62. The Balaban J connectivity index is 2.16. The van der Waals surface area contributed by atoms with Crippen LogP contribution in [0.2, 0.25) is 0 Å². The van der Waals surface area contributed by atoms with Gasteiger partial charge in [0.15, 0.2) is 0 Å². The topological polar surface area (TPSA) is 63.4 Å². The highest BCUT2D eigenvalue weighted by Crippen LogP contribution is 2.36. The third kappa shape index (κ3) is 3.14. The Kier molecular flexibility index (Phi) is 5.06. The molecule has 1 aromatic rings. The van der Waals surface area contributed by atoms with E-state index in [9.17, 15) is 9.59 Å². The third-order valence-electron chi connectivity index (χ3n) is 4.44. The Morgan fingerprint density at radius 3 is 2.33 bits per heavy atom. The summed E-state index contributed by atoms with van der Waals surface area (Å²) in [5.41, 5.74) is 6.33. The minimum absolute atomic E-state index is 0.0739. The fourth-order valence-electron chi connectivity index (χ4n) is 3.02. The quantitative estimate of drug-likeness (QED) is 0.826. The van der Waals surface area contributed by atoms with Crippen molar-refractivity contribution in [2.45, 2.75) is 31.2 Å². The van der Waals surface area contributed by atoms with E-state index in [1.807, 2.05) is 30.3 Å². The third-order valence-corrected chi connectivity index (χ3v) is 4.84. The summed E-state index contributed by atoms with van der Waals surface area (Å²) in [6.45, 7) is 2.77. The number of likely N-dealkylation sites (tertiary alicyclic amines) is 1. The summed E-state index contributed by atoms with van der Waals surface area (Å²) in [4.78, 5) is 26.1. The van der Waals surface area contributed by atoms with E-state index in [1.54, 1.807) is 11.8 Å². The molecule has 2 rings (SSSR count). The monoisotopic (exact) mass is 306 g/mol. The smallest absolute Gasteiger partial charge is 0.240 e. The lowest BCUT2D eigenvalue weighted by atomic mass is 9.70. The van der Waals surface area contributed by atoms with Crippen molar-refractivity contribution in [1.29, 1.82) is 0 Å². The van der Waals surface area contributed by atoms with E-state index in [0.29, 0.717) is 31.7 Å². The first-order chi connectivity index (χ1) is 10.0. The van der Waals surface area contributed by atoms with Gasteiger partial charge in [-0.1, -0.05) is 30.3 Å². The molecule has 0 unspecified atom stereocenters. The molecule has 2 N–H and O–H groups in total. The summed E-state index contributed by atoms with van der Waals surface area (Å²) in [6.07, 6.45) is 1.30. The van der Waals surface area contributed by atoms with Gasteiger partial charge < -0.3 is 10.6 Å². The fraction of sp³-hybridized carbons (Fsp3) is 0.500. The van der Waals surface area contributed by atoms with Gasteiger partial charge in [-0.3, -0.25) is 9.59 Å². The maximum absolute atomic E-state index is 12.2. The van der Waals surface area contributed by atoms with E-state index in [1.165, 1.54) is 0 Å². The van der Waals surface area contributed by atoms with Crippen LogP contribution < -0.4 is 5.73 Å². The molecule has 0 bridgehead atoms.